The summed E-state index contributed by atoms with van der Waals surface area (Å²) in [6, 6.07) is 0.582. The summed E-state index contributed by atoms with van der Waals surface area (Å²) < 4.78 is 5.70. The number of nitrogens with zero attached hydrogens (tertiary/aromatic N) is 5. The van der Waals surface area contributed by atoms with Gasteiger partial charge >= 0.3 is 6.01 Å². The number of hydrogen-bond donors (Lipinski definition) is 0. The molecule has 7 heteroatoms. The predicted molar refractivity (Wildman–Crippen MR) is 87.4 cm³/mol. The fourth-order valence-corrected chi connectivity index (χ4v) is 3.33. The van der Waals surface area contributed by atoms with E-state index in [9.17, 15) is 4.79 Å². The zero-order valence-electron chi connectivity index (χ0n) is 14.4. The summed E-state index contributed by atoms with van der Waals surface area (Å²) in [4.78, 5) is 19.0. The van der Waals surface area contributed by atoms with Crippen LogP contribution < -0.4 is 4.90 Å². The molecule has 0 aromatic carbocycles. The Morgan fingerprint density at radius 2 is 1.91 bits per heavy atom. The second-order valence-electron chi connectivity index (χ2n) is 6.99. The molecule has 0 saturated carbocycles. The van der Waals surface area contributed by atoms with Gasteiger partial charge in [0, 0.05) is 38.6 Å². The molecule has 1 atom stereocenters. The maximum Gasteiger partial charge on any atom is 0.318 e. The van der Waals surface area contributed by atoms with Crippen LogP contribution in [0.4, 0.5) is 6.01 Å². The second-order valence-corrected chi connectivity index (χ2v) is 6.99. The van der Waals surface area contributed by atoms with Crippen LogP contribution in [0, 0.1) is 5.92 Å². The lowest BCUT2D eigenvalue weighted by Crippen LogP contribution is -2.52. The minimum Gasteiger partial charge on any atom is -0.408 e. The Hall–Kier alpha value is -1.63. The molecule has 3 rings (SSSR count). The highest BCUT2D eigenvalue weighted by Gasteiger charge is 2.31. The first-order chi connectivity index (χ1) is 11.0. The average molecular weight is 321 g/mol. The number of rotatable bonds is 3. The lowest BCUT2D eigenvalue weighted by Gasteiger charge is -2.37. The molecule has 0 N–H and O–H groups in total. The van der Waals surface area contributed by atoms with E-state index in [4.69, 9.17) is 4.42 Å². The zero-order chi connectivity index (χ0) is 16.4. The summed E-state index contributed by atoms with van der Waals surface area (Å²) in [5, 5.41) is 8.21. The van der Waals surface area contributed by atoms with Crippen molar-refractivity contribution in [3.8, 4) is 0 Å². The van der Waals surface area contributed by atoms with Gasteiger partial charge in [0.25, 0.3) is 0 Å². The lowest BCUT2D eigenvalue weighted by atomic mass is 9.96. The molecule has 2 aliphatic rings. The van der Waals surface area contributed by atoms with Gasteiger partial charge in [-0.2, -0.15) is 0 Å². The molecule has 1 aromatic rings. The van der Waals surface area contributed by atoms with E-state index >= 15 is 0 Å². The van der Waals surface area contributed by atoms with Crippen molar-refractivity contribution in [1.29, 1.82) is 0 Å². The van der Waals surface area contributed by atoms with Crippen LogP contribution in [0.2, 0.25) is 0 Å². The number of anilines is 1. The van der Waals surface area contributed by atoms with Crippen LogP contribution in [-0.4, -0.2) is 72.2 Å². The number of carbonyl (C=O) groups excluding carboxylic acids is 1. The topological polar surface area (TPSA) is 65.7 Å². The molecule has 1 amide bonds. The summed E-state index contributed by atoms with van der Waals surface area (Å²) in [7, 11) is 2.10. The van der Waals surface area contributed by atoms with Gasteiger partial charge in [-0.3, -0.25) is 4.79 Å². The molecule has 2 aliphatic heterocycles. The van der Waals surface area contributed by atoms with E-state index in [0.717, 1.165) is 52.1 Å². The fourth-order valence-electron chi connectivity index (χ4n) is 3.33. The Labute approximate surface area is 137 Å². The normalized spacial score (nSPS) is 23.6. The van der Waals surface area contributed by atoms with E-state index in [0.29, 0.717) is 17.8 Å². The van der Waals surface area contributed by atoms with E-state index in [2.05, 4.69) is 27.0 Å². The van der Waals surface area contributed by atoms with E-state index in [1.54, 1.807) is 0 Å². The summed E-state index contributed by atoms with van der Waals surface area (Å²) in [5.41, 5.74) is 0. The van der Waals surface area contributed by atoms with Crippen molar-refractivity contribution < 1.29 is 9.21 Å². The van der Waals surface area contributed by atoms with Crippen LogP contribution in [0.1, 0.15) is 38.5 Å². The third-order valence-electron chi connectivity index (χ3n) is 4.76. The standard InChI is InChI=1S/C16H27N5O2/c1-12(2)14-17-18-16(23-14)21-9-7-20(8-10-21)15(22)13-5-4-6-19(3)11-13/h12-13H,4-11H2,1-3H3/t13-/m1/s1. The predicted octanol–water partition coefficient (Wildman–Crippen LogP) is 1.18. The number of piperazine rings is 1. The Morgan fingerprint density at radius 1 is 1.17 bits per heavy atom. The number of amides is 1. The molecule has 23 heavy (non-hydrogen) atoms. The number of carbonyl (C=O) groups is 1. The molecule has 0 aliphatic carbocycles. The minimum absolute atomic E-state index is 0.163. The molecule has 0 spiro atoms. The summed E-state index contributed by atoms with van der Waals surface area (Å²) in [6.07, 6.45) is 2.14. The van der Waals surface area contributed by atoms with Crippen molar-refractivity contribution in [1.82, 2.24) is 20.0 Å². The zero-order valence-corrected chi connectivity index (χ0v) is 14.4. The molecule has 2 saturated heterocycles. The first kappa shape index (κ1) is 16.2. The third-order valence-corrected chi connectivity index (χ3v) is 4.76. The molecular weight excluding hydrogens is 294 g/mol. The van der Waals surface area contributed by atoms with Crippen LogP contribution in [0.25, 0.3) is 0 Å². The van der Waals surface area contributed by atoms with E-state index < -0.39 is 0 Å². The molecule has 0 radical (unpaired) electrons. The third kappa shape index (κ3) is 3.65. The van der Waals surface area contributed by atoms with Gasteiger partial charge in [0.15, 0.2) is 0 Å². The van der Waals surface area contributed by atoms with Crippen LogP contribution >= 0.6 is 0 Å². The molecule has 3 heterocycles. The van der Waals surface area contributed by atoms with Gasteiger partial charge < -0.3 is 19.1 Å². The molecular formula is C16H27N5O2. The van der Waals surface area contributed by atoms with Gasteiger partial charge in [-0.05, 0) is 26.4 Å². The number of aromatic nitrogens is 2. The summed E-state index contributed by atoms with van der Waals surface area (Å²) in [5.74, 6) is 1.38. The number of likely N-dealkylation sites (tertiary alicyclic amines) is 1. The molecule has 1 aromatic heterocycles. The summed E-state index contributed by atoms with van der Waals surface area (Å²) in [6.45, 7) is 9.05. The van der Waals surface area contributed by atoms with Gasteiger partial charge in [0.2, 0.25) is 11.8 Å². The summed E-state index contributed by atoms with van der Waals surface area (Å²) >= 11 is 0. The highest BCUT2D eigenvalue weighted by molar-refractivity contribution is 5.79. The Bertz CT molecular complexity index is 536. The first-order valence-corrected chi connectivity index (χ1v) is 8.60. The molecule has 2 fully saturated rings. The van der Waals surface area contributed by atoms with Crippen LogP contribution in [0.3, 0.4) is 0 Å². The van der Waals surface area contributed by atoms with Crippen molar-refractivity contribution in [2.75, 3.05) is 51.2 Å². The highest BCUT2D eigenvalue weighted by Crippen LogP contribution is 2.22. The van der Waals surface area contributed by atoms with Gasteiger partial charge in [0.05, 0.1) is 5.92 Å². The SMILES string of the molecule is CC(C)c1nnc(N2CCN(C(=O)[C@@H]3CCCN(C)C3)CC2)o1. The molecule has 128 valence electrons. The van der Waals surface area contributed by atoms with E-state index in [1.165, 1.54) is 0 Å². The van der Waals surface area contributed by atoms with Crippen LogP contribution in [0.15, 0.2) is 4.42 Å². The van der Waals surface area contributed by atoms with Crippen LogP contribution in [-0.2, 0) is 4.79 Å². The van der Waals surface area contributed by atoms with Gasteiger partial charge in [-0.25, -0.2) is 0 Å². The minimum atomic E-state index is 0.163. The first-order valence-electron chi connectivity index (χ1n) is 8.60. The second kappa shape index (κ2) is 6.86. The van der Waals surface area contributed by atoms with Crippen molar-refractivity contribution in [2.24, 2.45) is 5.92 Å². The maximum absolute atomic E-state index is 12.7. The van der Waals surface area contributed by atoms with Gasteiger partial charge in [0.1, 0.15) is 0 Å². The number of hydrogen-bond acceptors (Lipinski definition) is 6. The van der Waals surface area contributed by atoms with Gasteiger partial charge in [-0.1, -0.05) is 18.9 Å². The van der Waals surface area contributed by atoms with E-state index in [-0.39, 0.29) is 11.8 Å². The lowest BCUT2D eigenvalue weighted by molar-refractivity contribution is -0.137. The van der Waals surface area contributed by atoms with Crippen molar-refractivity contribution >= 4 is 11.9 Å². The molecule has 0 bridgehead atoms. The van der Waals surface area contributed by atoms with Crippen molar-refractivity contribution in [3.05, 3.63) is 5.89 Å². The van der Waals surface area contributed by atoms with Crippen molar-refractivity contribution in [3.63, 3.8) is 0 Å². The Balaban J connectivity index is 1.54. The van der Waals surface area contributed by atoms with Crippen molar-refractivity contribution in [2.45, 2.75) is 32.6 Å². The number of piperidine rings is 1. The molecule has 7 nitrogen and oxygen atoms in total. The average Bonchev–Trinajstić information content (AvgIpc) is 3.04. The van der Waals surface area contributed by atoms with Gasteiger partial charge in [-0.15, -0.1) is 5.10 Å². The monoisotopic (exact) mass is 321 g/mol. The quantitative estimate of drug-likeness (QED) is 0.833. The fraction of sp³-hybridized carbons (Fsp3) is 0.812. The largest absolute Gasteiger partial charge is 0.408 e. The Morgan fingerprint density at radius 3 is 2.52 bits per heavy atom. The maximum atomic E-state index is 12.7. The Kier molecular flexibility index (Phi) is 4.84. The van der Waals surface area contributed by atoms with E-state index in [1.807, 2.05) is 18.7 Å². The highest BCUT2D eigenvalue weighted by atomic mass is 16.4. The molecule has 0 unspecified atom stereocenters. The smallest absolute Gasteiger partial charge is 0.318 e. The van der Waals surface area contributed by atoms with Crippen LogP contribution in [0.5, 0.6) is 0 Å².